The van der Waals surface area contributed by atoms with E-state index in [4.69, 9.17) is 10.9 Å². The highest BCUT2D eigenvalue weighted by atomic mass is 16.4. The summed E-state index contributed by atoms with van der Waals surface area (Å²) in [4.78, 5) is 11.0. The molecule has 0 fully saturated rings. The quantitative estimate of drug-likeness (QED) is 0.521. The zero-order valence-electron chi connectivity index (χ0n) is 9.00. The average molecular weight is 208 g/mol. The number of anilines is 1. The van der Waals surface area contributed by atoms with Gasteiger partial charge in [-0.1, -0.05) is 19.9 Å². The Balaban J connectivity index is 3.40. The molecule has 1 aromatic rings. The van der Waals surface area contributed by atoms with E-state index < -0.39 is 5.97 Å². The van der Waals surface area contributed by atoms with Crippen LogP contribution in [0.15, 0.2) is 12.1 Å². The van der Waals surface area contributed by atoms with E-state index in [1.165, 1.54) is 0 Å². The molecule has 4 nitrogen and oxygen atoms in total. The van der Waals surface area contributed by atoms with Crippen molar-refractivity contribution in [1.29, 1.82) is 0 Å². The number of hydrazine groups is 1. The summed E-state index contributed by atoms with van der Waals surface area (Å²) in [5, 5.41) is 8.98. The van der Waals surface area contributed by atoms with E-state index in [0.717, 1.165) is 24.0 Å². The van der Waals surface area contributed by atoms with Crippen LogP contribution < -0.4 is 11.3 Å². The van der Waals surface area contributed by atoms with Crippen LogP contribution in [0.25, 0.3) is 0 Å². The van der Waals surface area contributed by atoms with Crippen LogP contribution in [0.5, 0.6) is 0 Å². The van der Waals surface area contributed by atoms with Crippen LogP contribution >= 0.6 is 0 Å². The van der Waals surface area contributed by atoms with Gasteiger partial charge in [0.2, 0.25) is 0 Å². The Bertz CT molecular complexity index is 375. The minimum Gasteiger partial charge on any atom is -0.478 e. The smallest absolute Gasteiger partial charge is 0.337 e. The molecule has 0 amide bonds. The number of aryl methyl sites for hydroxylation is 1. The van der Waals surface area contributed by atoms with Gasteiger partial charge in [-0.3, -0.25) is 5.84 Å². The van der Waals surface area contributed by atoms with Crippen LogP contribution in [0.2, 0.25) is 0 Å². The summed E-state index contributed by atoms with van der Waals surface area (Å²) in [6.07, 6.45) is 1.64. The summed E-state index contributed by atoms with van der Waals surface area (Å²) >= 11 is 0. The van der Waals surface area contributed by atoms with E-state index in [1.54, 1.807) is 6.07 Å². The molecule has 0 aliphatic heterocycles. The van der Waals surface area contributed by atoms with Crippen LogP contribution in [0.3, 0.4) is 0 Å². The molecule has 0 saturated heterocycles. The van der Waals surface area contributed by atoms with Gasteiger partial charge in [0.1, 0.15) is 0 Å². The predicted molar refractivity (Wildman–Crippen MR) is 60.0 cm³/mol. The first-order valence-electron chi connectivity index (χ1n) is 5.00. The number of hydrogen-bond acceptors (Lipinski definition) is 3. The maximum atomic E-state index is 11.0. The second-order valence-electron chi connectivity index (χ2n) is 3.28. The number of nitrogens with two attached hydrogens (primary N) is 1. The largest absolute Gasteiger partial charge is 0.478 e. The third kappa shape index (κ3) is 2.10. The molecule has 1 aromatic carbocycles. The summed E-state index contributed by atoms with van der Waals surface area (Å²) in [7, 11) is 0. The molecule has 0 heterocycles. The zero-order chi connectivity index (χ0) is 11.4. The summed E-state index contributed by atoms with van der Waals surface area (Å²) in [6, 6.07) is 3.44. The van der Waals surface area contributed by atoms with E-state index in [0.29, 0.717) is 5.69 Å². The first-order valence-corrected chi connectivity index (χ1v) is 5.00. The number of rotatable bonds is 4. The number of carboxylic acids is 1. The number of benzene rings is 1. The van der Waals surface area contributed by atoms with Crippen molar-refractivity contribution in [3.63, 3.8) is 0 Å². The summed E-state index contributed by atoms with van der Waals surface area (Å²) in [5.74, 6) is 4.42. The average Bonchev–Trinajstić information content (AvgIpc) is 2.26. The van der Waals surface area contributed by atoms with Crippen LogP contribution in [0.4, 0.5) is 5.69 Å². The van der Waals surface area contributed by atoms with Gasteiger partial charge in [0.15, 0.2) is 0 Å². The van der Waals surface area contributed by atoms with Gasteiger partial charge >= 0.3 is 5.97 Å². The molecule has 0 spiro atoms. The Hall–Kier alpha value is -1.55. The monoisotopic (exact) mass is 208 g/mol. The van der Waals surface area contributed by atoms with Gasteiger partial charge in [-0.15, -0.1) is 0 Å². The first-order chi connectivity index (χ1) is 7.15. The van der Waals surface area contributed by atoms with Crippen LogP contribution in [-0.4, -0.2) is 11.1 Å². The fourth-order valence-corrected chi connectivity index (χ4v) is 1.77. The topological polar surface area (TPSA) is 75.3 Å². The van der Waals surface area contributed by atoms with Gasteiger partial charge in [0.05, 0.1) is 11.3 Å². The fourth-order valence-electron chi connectivity index (χ4n) is 1.77. The van der Waals surface area contributed by atoms with Crippen molar-refractivity contribution in [3.05, 3.63) is 28.8 Å². The standard InChI is InChI=1S/C11H16N2O2/c1-3-7-5-6-9(11(14)15)10(13-12)8(7)4-2/h5-6,13H,3-4,12H2,1-2H3,(H,14,15). The van der Waals surface area contributed by atoms with Gasteiger partial charge in [0, 0.05) is 0 Å². The maximum Gasteiger partial charge on any atom is 0.337 e. The molecule has 1 rings (SSSR count). The Morgan fingerprint density at radius 1 is 1.40 bits per heavy atom. The van der Waals surface area contributed by atoms with Gasteiger partial charge in [0.25, 0.3) is 0 Å². The van der Waals surface area contributed by atoms with E-state index in [-0.39, 0.29) is 5.56 Å². The number of aromatic carboxylic acids is 1. The molecule has 0 aromatic heterocycles. The summed E-state index contributed by atoms with van der Waals surface area (Å²) in [6.45, 7) is 4.02. The lowest BCUT2D eigenvalue weighted by molar-refractivity contribution is 0.0698. The van der Waals surface area contributed by atoms with Gasteiger partial charge in [-0.25, -0.2) is 4.79 Å². The lowest BCUT2D eigenvalue weighted by atomic mass is 9.97. The molecule has 15 heavy (non-hydrogen) atoms. The van der Waals surface area contributed by atoms with E-state index in [2.05, 4.69) is 5.43 Å². The molecule has 0 bridgehead atoms. The van der Waals surface area contributed by atoms with Crippen LogP contribution in [0.1, 0.15) is 35.3 Å². The lowest BCUT2D eigenvalue weighted by Crippen LogP contribution is -2.15. The summed E-state index contributed by atoms with van der Waals surface area (Å²) < 4.78 is 0. The van der Waals surface area contributed by atoms with Crippen molar-refractivity contribution in [2.45, 2.75) is 26.7 Å². The Kier molecular flexibility index (Phi) is 3.68. The van der Waals surface area contributed by atoms with E-state index in [9.17, 15) is 4.79 Å². The highest BCUT2D eigenvalue weighted by molar-refractivity contribution is 5.95. The van der Waals surface area contributed by atoms with Crippen molar-refractivity contribution >= 4 is 11.7 Å². The second-order valence-corrected chi connectivity index (χ2v) is 3.28. The van der Waals surface area contributed by atoms with Crippen molar-refractivity contribution in [2.75, 3.05) is 5.43 Å². The van der Waals surface area contributed by atoms with Crippen molar-refractivity contribution in [3.8, 4) is 0 Å². The third-order valence-corrected chi connectivity index (χ3v) is 2.52. The normalized spacial score (nSPS) is 10.1. The number of nitrogens with one attached hydrogen (secondary N) is 1. The van der Waals surface area contributed by atoms with Crippen molar-refractivity contribution in [1.82, 2.24) is 0 Å². The number of carbonyl (C=O) groups is 1. The minimum absolute atomic E-state index is 0.228. The van der Waals surface area contributed by atoms with E-state index in [1.807, 2.05) is 19.9 Å². The molecule has 0 atom stereocenters. The van der Waals surface area contributed by atoms with Crippen molar-refractivity contribution in [2.24, 2.45) is 5.84 Å². The predicted octanol–water partition coefficient (Wildman–Crippen LogP) is 1.80. The zero-order valence-corrected chi connectivity index (χ0v) is 9.00. The molecule has 82 valence electrons. The second kappa shape index (κ2) is 4.79. The van der Waals surface area contributed by atoms with E-state index >= 15 is 0 Å². The lowest BCUT2D eigenvalue weighted by Gasteiger charge is -2.14. The Morgan fingerprint density at radius 2 is 2.07 bits per heavy atom. The third-order valence-electron chi connectivity index (χ3n) is 2.52. The molecular weight excluding hydrogens is 192 g/mol. The Labute approximate surface area is 89.1 Å². The number of hydrogen-bond donors (Lipinski definition) is 3. The number of carboxylic acid groups (broad SMARTS) is 1. The molecule has 0 unspecified atom stereocenters. The van der Waals surface area contributed by atoms with Crippen LogP contribution in [0, 0.1) is 0 Å². The number of nitrogen functional groups attached to an aromatic ring is 1. The van der Waals surface area contributed by atoms with Crippen LogP contribution in [-0.2, 0) is 12.8 Å². The molecular formula is C11H16N2O2. The van der Waals surface area contributed by atoms with Gasteiger partial charge in [-0.05, 0) is 30.0 Å². The van der Waals surface area contributed by atoms with Gasteiger partial charge < -0.3 is 10.5 Å². The Morgan fingerprint density at radius 3 is 2.47 bits per heavy atom. The van der Waals surface area contributed by atoms with Crippen molar-refractivity contribution < 1.29 is 9.90 Å². The molecule has 0 saturated carbocycles. The highest BCUT2D eigenvalue weighted by Crippen LogP contribution is 2.25. The fraction of sp³-hybridized carbons (Fsp3) is 0.364. The molecule has 4 heteroatoms. The molecule has 0 aliphatic carbocycles. The maximum absolute atomic E-state index is 11.0. The van der Waals surface area contributed by atoms with Gasteiger partial charge in [-0.2, -0.15) is 0 Å². The highest BCUT2D eigenvalue weighted by Gasteiger charge is 2.14. The molecule has 4 N–H and O–H groups in total. The first kappa shape index (κ1) is 11.5. The molecule has 0 aliphatic rings. The minimum atomic E-state index is -0.958. The summed E-state index contributed by atoms with van der Waals surface area (Å²) in [5.41, 5.74) is 5.37. The SMILES string of the molecule is CCc1ccc(C(=O)O)c(NN)c1CC. The molecule has 0 radical (unpaired) electrons.